The summed E-state index contributed by atoms with van der Waals surface area (Å²) in [5, 5.41) is 2.99. The van der Waals surface area contributed by atoms with E-state index in [-0.39, 0.29) is 5.92 Å². The zero-order valence-corrected chi connectivity index (χ0v) is 7.15. The predicted octanol–water partition coefficient (Wildman–Crippen LogP) is 1.98. The second-order valence-electron chi connectivity index (χ2n) is 2.49. The predicted molar refractivity (Wildman–Crippen MR) is 42.9 cm³/mol. The van der Waals surface area contributed by atoms with Gasteiger partial charge in [0, 0.05) is 6.54 Å². The largest absolute Gasteiger partial charge is 0.314 e. The summed E-state index contributed by atoms with van der Waals surface area (Å²) in [6.45, 7) is 7.51. The van der Waals surface area contributed by atoms with Gasteiger partial charge in [-0.15, -0.1) is 0 Å². The molecule has 0 amide bonds. The molecule has 2 unspecified atom stereocenters. The maximum absolute atomic E-state index is 12.5. The minimum absolute atomic E-state index is 0.274. The molecular formula is C8H18FN. The van der Waals surface area contributed by atoms with Gasteiger partial charge in [-0.2, -0.15) is 0 Å². The molecule has 1 saturated heterocycles. The first-order valence-electron chi connectivity index (χ1n) is 4.15. The number of halogens is 1. The van der Waals surface area contributed by atoms with Crippen LogP contribution in [0.15, 0.2) is 0 Å². The third-order valence-electron chi connectivity index (χ3n) is 1.73. The number of rotatable bonds is 0. The highest BCUT2D eigenvalue weighted by Crippen LogP contribution is 2.13. The van der Waals surface area contributed by atoms with Gasteiger partial charge in [0.05, 0.1) is 0 Å². The second kappa shape index (κ2) is 5.66. The van der Waals surface area contributed by atoms with Crippen molar-refractivity contribution in [2.75, 3.05) is 13.1 Å². The Hall–Kier alpha value is -0.110. The summed E-state index contributed by atoms with van der Waals surface area (Å²) in [6, 6.07) is 0. The maximum atomic E-state index is 12.5. The molecular weight excluding hydrogens is 129 g/mol. The first-order chi connectivity index (χ1) is 4.80. The van der Waals surface area contributed by atoms with Gasteiger partial charge in [-0.1, -0.05) is 20.8 Å². The van der Waals surface area contributed by atoms with Gasteiger partial charge in [-0.25, -0.2) is 4.39 Å². The highest BCUT2D eigenvalue weighted by Gasteiger charge is 2.18. The average Bonchev–Trinajstić information content (AvgIpc) is 2.00. The van der Waals surface area contributed by atoms with Crippen molar-refractivity contribution in [3.63, 3.8) is 0 Å². The summed E-state index contributed by atoms with van der Waals surface area (Å²) in [6.07, 6.45) is 0.380. The molecule has 0 aliphatic carbocycles. The Kier molecular flexibility index (Phi) is 5.60. The number of nitrogens with one attached hydrogen (secondary N) is 1. The summed E-state index contributed by atoms with van der Waals surface area (Å²) in [5.74, 6) is 0.274. The molecule has 0 radical (unpaired) electrons. The third kappa shape index (κ3) is 3.16. The fourth-order valence-electron chi connectivity index (χ4n) is 0.952. The van der Waals surface area contributed by atoms with Gasteiger partial charge < -0.3 is 5.32 Å². The van der Waals surface area contributed by atoms with E-state index < -0.39 is 6.17 Å². The Morgan fingerprint density at radius 2 is 2.00 bits per heavy atom. The van der Waals surface area contributed by atoms with Gasteiger partial charge in [0.2, 0.25) is 0 Å². The van der Waals surface area contributed by atoms with Crippen molar-refractivity contribution in [3.8, 4) is 0 Å². The molecule has 1 fully saturated rings. The molecule has 0 bridgehead atoms. The summed E-state index contributed by atoms with van der Waals surface area (Å²) >= 11 is 0. The fourth-order valence-corrected chi connectivity index (χ4v) is 0.952. The molecule has 0 spiro atoms. The molecule has 1 aliphatic heterocycles. The molecule has 2 atom stereocenters. The molecule has 1 heterocycles. The van der Waals surface area contributed by atoms with Crippen LogP contribution in [0.5, 0.6) is 0 Å². The molecule has 0 aromatic heterocycles. The minimum Gasteiger partial charge on any atom is -0.314 e. The molecule has 1 aliphatic rings. The normalized spacial score (nSPS) is 32.4. The van der Waals surface area contributed by atoms with Gasteiger partial charge >= 0.3 is 0 Å². The highest BCUT2D eigenvalue weighted by molar-refractivity contribution is 4.73. The Balaban J connectivity index is 0.000000371. The lowest BCUT2D eigenvalue weighted by molar-refractivity contribution is 0.194. The Bertz CT molecular complexity index is 65.7. The van der Waals surface area contributed by atoms with Crippen LogP contribution in [0.2, 0.25) is 0 Å². The van der Waals surface area contributed by atoms with Crippen LogP contribution < -0.4 is 5.32 Å². The standard InChI is InChI=1S/C6H12FN.C2H6/c1-5-2-3-8-4-6(5)7;1-2/h5-6,8H,2-4H2,1H3;1-2H3. The van der Waals surface area contributed by atoms with Crippen LogP contribution in [0.3, 0.4) is 0 Å². The number of hydrogen-bond donors (Lipinski definition) is 1. The monoisotopic (exact) mass is 147 g/mol. The van der Waals surface area contributed by atoms with E-state index >= 15 is 0 Å². The highest BCUT2D eigenvalue weighted by atomic mass is 19.1. The van der Waals surface area contributed by atoms with Crippen LogP contribution >= 0.6 is 0 Å². The average molecular weight is 147 g/mol. The van der Waals surface area contributed by atoms with Crippen molar-refractivity contribution in [2.45, 2.75) is 33.4 Å². The van der Waals surface area contributed by atoms with E-state index in [1.807, 2.05) is 20.8 Å². The first-order valence-corrected chi connectivity index (χ1v) is 4.15. The molecule has 62 valence electrons. The van der Waals surface area contributed by atoms with Crippen LogP contribution in [0.25, 0.3) is 0 Å². The van der Waals surface area contributed by atoms with Crippen molar-refractivity contribution in [1.29, 1.82) is 0 Å². The lowest BCUT2D eigenvalue weighted by Gasteiger charge is -2.22. The smallest absolute Gasteiger partial charge is 0.115 e. The van der Waals surface area contributed by atoms with E-state index in [0.717, 1.165) is 13.0 Å². The fraction of sp³-hybridized carbons (Fsp3) is 1.00. The Labute approximate surface area is 63.0 Å². The molecule has 0 saturated carbocycles. The topological polar surface area (TPSA) is 12.0 Å². The van der Waals surface area contributed by atoms with Crippen molar-refractivity contribution in [2.24, 2.45) is 5.92 Å². The van der Waals surface area contributed by atoms with E-state index in [1.54, 1.807) is 0 Å². The number of alkyl halides is 1. The lowest BCUT2D eigenvalue weighted by Crippen LogP contribution is -2.36. The van der Waals surface area contributed by atoms with E-state index in [9.17, 15) is 4.39 Å². The van der Waals surface area contributed by atoms with Gasteiger partial charge in [0.15, 0.2) is 0 Å². The molecule has 0 aromatic rings. The van der Waals surface area contributed by atoms with Gasteiger partial charge in [0.25, 0.3) is 0 Å². The summed E-state index contributed by atoms with van der Waals surface area (Å²) < 4.78 is 12.5. The van der Waals surface area contributed by atoms with Crippen LogP contribution in [0.1, 0.15) is 27.2 Å². The van der Waals surface area contributed by atoms with Gasteiger partial charge in [-0.3, -0.25) is 0 Å². The molecule has 1 nitrogen and oxygen atoms in total. The maximum Gasteiger partial charge on any atom is 0.115 e. The van der Waals surface area contributed by atoms with Crippen LogP contribution in [-0.4, -0.2) is 19.3 Å². The van der Waals surface area contributed by atoms with Crippen LogP contribution in [-0.2, 0) is 0 Å². The van der Waals surface area contributed by atoms with Crippen LogP contribution in [0.4, 0.5) is 4.39 Å². The van der Waals surface area contributed by atoms with E-state index in [4.69, 9.17) is 0 Å². The SMILES string of the molecule is CC.CC1CCNCC1F. The number of hydrogen-bond acceptors (Lipinski definition) is 1. The number of piperidine rings is 1. The van der Waals surface area contributed by atoms with E-state index in [1.165, 1.54) is 0 Å². The Morgan fingerprint density at radius 3 is 2.30 bits per heavy atom. The molecule has 1 N–H and O–H groups in total. The van der Waals surface area contributed by atoms with E-state index in [2.05, 4.69) is 5.32 Å². The summed E-state index contributed by atoms with van der Waals surface area (Å²) in [7, 11) is 0. The van der Waals surface area contributed by atoms with Crippen molar-refractivity contribution < 1.29 is 4.39 Å². The summed E-state index contributed by atoms with van der Waals surface area (Å²) in [4.78, 5) is 0. The lowest BCUT2D eigenvalue weighted by atomic mass is 9.99. The third-order valence-corrected chi connectivity index (χ3v) is 1.73. The van der Waals surface area contributed by atoms with E-state index in [0.29, 0.717) is 6.54 Å². The van der Waals surface area contributed by atoms with Crippen LogP contribution in [0, 0.1) is 5.92 Å². The Morgan fingerprint density at radius 1 is 1.40 bits per heavy atom. The quantitative estimate of drug-likeness (QED) is 0.552. The van der Waals surface area contributed by atoms with Crippen molar-refractivity contribution in [1.82, 2.24) is 5.32 Å². The molecule has 10 heavy (non-hydrogen) atoms. The minimum atomic E-state index is -0.608. The molecule has 2 heteroatoms. The molecule has 0 aromatic carbocycles. The second-order valence-corrected chi connectivity index (χ2v) is 2.49. The molecule has 1 rings (SSSR count). The first kappa shape index (κ1) is 9.89. The summed E-state index contributed by atoms with van der Waals surface area (Å²) in [5.41, 5.74) is 0. The zero-order chi connectivity index (χ0) is 7.98. The van der Waals surface area contributed by atoms with Gasteiger partial charge in [0.1, 0.15) is 6.17 Å². The van der Waals surface area contributed by atoms with Crippen molar-refractivity contribution >= 4 is 0 Å². The van der Waals surface area contributed by atoms with Crippen molar-refractivity contribution in [3.05, 3.63) is 0 Å². The van der Waals surface area contributed by atoms with Gasteiger partial charge in [-0.05, 0) is 18.9 Å². The zero-order valence-electron chi connectivity index (χ0n) is 7.15.